The van der Waals surface area contributed by atoms with Crippen LogP contribution in [0.4, 0.5) is 10.1 Å². The van der Waals surface area contributed by atoms with Gasteiger partial charge in [-0.1, -0.05) is 6.07 Å². The van der Waals surface area contributed by atoms with Gasteiger partial charge in [-0.2, -0.15) is 0 Å². The number of anilines is 1. The fraction of sp³-hybridized carbons (Fsp3) is 0.167. The average Bonchev–Trinajstić information content (AvgIpc) is 2.80. The molecule has 0 radical (unpaired) electrons. The zero-order chi connectivity index (χ0) is 14.9. The third-order valence-electron chi connectivity index (χ3n) is 2.67. The first-order chi connectivity index (χ1) is 9.36. The minimum atomic E-state index is -3.81. The van der Waals surface area contributed by atoms with Crippen molar-refractivity contribution in [1.29, 1.82) is 0 Å². The van der Waals surface area contributed by atoms with E-state index in [0.29, 0.717) is 8.66 Å². The van der Waals surface area contributed by atoms with E-state index in [1.165, 1.54) is 31.3 Å². The molecule has 1 heterocycles. The molecule has 108 valence electrons. The summed E-state index contributed by atoms with van der Waals surface area (Å²) in [4.78, 5) is 0.585. The molecule has 0 aliphatic heterocycles. The van der Waals surface area contributed by atoms with Gasteiger partial charge in [0.05, 0.1) is 16.1 Å². The average molecular weight is 380 g/mol. The summed E-state index contributed by atoms with van der Waals surface area (Å²) in [6.45, 7) is -0.234. The van der Waals surface area contributed by atoms with E-state index >= 15 is 0 Å². The van der Waals surface area contributed by atoms with Crippen LogP contribution in [0.2, 0.25) is 0 Å². The minimum Gasteiger partial charge on any atom is -0.391 e. The second-order valence-electron chi connectivity index (χ2n) is 3.96. The van der Waals surface area contributed by atoms with Crippen LogP contribution in [0.5, 0.6) is 0 Å². The van der Waals surface area contributed by atoms with E-state index in [1.54, 1.807) is 0 Å². The fourth-order valence-corrected chi connectivity index (χ4v) is 5.29. The molecule has 8 heteroatoms. The SMILES string of the molecule is CN(c1cccc(F)c1)S(=O)(=O)c1cc(CO)sc1Br. The van der Waals surface area contributed by atoms with E-state index in [0.717, 1.165) is 21.7 Å². The topological polar surface area (TPSA) is 57.6 Å². The number of hydrogen-bond donors (Lipinski definition) is 1. The number of aliphatic hydroxyl groups excluding tert-OH is 1. The molecule has 1 aromatic heterocycles. The maximum absolute atomic E-state index is 13.2. The first-order valence-corrected chi connectivity index (χ1v) is 8.55. The Morgan fingerprint density at radius 1 is 1.40 bits per heavy atom. The molecular formula is C12H11BrFNO3S2. The number of nitrogens with zero attached hydrogens (tertiary/aromatic N) is 1. The molecule has 0 saturated carbocycles. The molecule has 0 amide bonds. The lowest BCUT2D eigenvalue weighted by Crippen LogP contribution is -2.26. The number of rotatable bonds is 4. The van der Waals surface area contributed by atoms with Gasteiger partial charge in [-0.3, -0.25) is 4.31 Å². The van der Waals surface area contributed by atoms with Crippen LogP contribution in [0.3, 0.4) is 0 Å². The Balaban J connectivity index is 2.46. The van der Waals surface area contributed by atoms with Crippen molar-refractivity contribution in [1.82, 2.24) is 0 Å². The third-order valence-corrected chi connectivity index (χ3v) is 6.69. The number of halogens is 2. The monoisotopic (exact) mass is 379 g/mol. The van der Waals surface area contributed by atoms with E-state index in [1.807, 2.05) is 0 Å². The normalized spacial score (nSPS) is 11.6. The summed E-state index contributed by atoms with van der Waals surface area (Å²) in [5, 5.41) is 9.06. The van der Waals surface area contributed by atoms with Crippen molar-refractivity contribution < 1.29 is 17.9 Å². The van der Waals surface area contributed by atoms with Crippen LogP contribution in [0.25, 0.3) is 0 Å². The molecule has 2 rings (SSSR count). The van der Waals surface area contributed by atoms with Gasteiger partial charge in [-0.15, -0.1) is 11.3 Å². The van der Waals surface area contributed by atoms with Gasteiger partial charge < -0.3 is 5.11 Å². The molecule has 20 heavy (non-hydrogen) atoms. The highest BCUT2D eigenvalue weighted by Gasteiger charge is 2.26. The van der Waals surface area contributed by atoms with Crippen LogP contribution in [0.1, 0.15) is 4.88 Å². The molecule has 2 aromatic rings. The van der Waals surface area contributed by atoms with Gasteiger partial charge in [0.1, 0.15) is 10.7 Å². The highest BCUT2D eigenvalue weighted by molar-refractivity contribution is 9.11. The first-order valence-electron chi connectivity index (χ1n) is 5.50. The molecular weight excluding hydrogens is 369 g/mol. The Morgan fingerprint density at radius 3 is 2.65 bits per heavy atom. The summed E-state index contributed by atoms with van der Waals surface area (Å²) < 4.78 is 39.6. The molecule has 0 aliphatic rings. The van der Waals surface area contributed by atoms with Crippen molar-refractivity contribution in [2.75, 3.05) is 11.4 Å². The standard InChI is InChI=1S/C12H11BrFNO3S2/c1-15(9-4-2-3-8(14)5-9)20(17,18)11-6-10(7-16)19-12(11)13/h2-6,16H,7H2,1H3. The van der Waals surface area contributed by atoms with Crippen LogP contribution >= 0.6 is 27.3 Å². The van der Waals surface area contributed by atoms with Crippen molar-refractivity contribution in [3.8, 4) is 0 Å². The predicted molar refractivity (Wildman–Crippen MR) is 79.9 cm³/mol. The molecule has 1 aromatic carbocycles. The molecule has 0 atom stereocenters. The largest absolute Gasteiger partial charge is 0.391 e. The van der Waals surface area contributed by atoms with Crippen molar-refractivity contribution in [2.45, 2.75) is 11.5 Å². The van der Waals surface area contributed by atoms with Crippen LogP contribution < -0.4 is 4.31 Å². The van der Waals surface area contributed by atoms with Crippen molar-refractivity contribution in [2.24, 2.45) is 0 Å². The summed E-state index contributed by atoms with van der Waals surface area (Å²) in [5.41, 5.74) is 0.230. The second kappa shape index (κ2) is 5.80. The fourth-order valence-electron chi connectivity index (χ4n) is 1.61. The van der Waals surface area contributed by atoms with Crippen LogP contribution in [0.15, 0.2) is 39.0 Å². The highest BCUT2D eigenvalue weighted by Crippen LogP contribution is 2.34. The Morgan fingerprint density at radius 2 is 2.10 bits per heavy atom. The van der Waals surface area contributed by atoms with E-state index in [-0.39, 0.29) is 17.2 Å². The lowest BCUT2D eigenvalue weighted by Gasteiger charge is -2.19. The Labute approximate surface area is 128 Å². The van der Waals surface area contributed by atoms with Crippen molar-refractivity contribution in [3.05, 3.63) is 44.8 Å². The van der Waals surface area contributed by atoms with Crippen LogP contribution in [-0.2, 0) is 16.6 Å². The van der Waals surface area contributed by atoms with Crippen molar-refractivity contribution >= 4 is 43.0 Å². The van der Waals surface area contributed by atoms with Gasteiger partial charge in [-0.05, 0) is 40.2 Å². The maximum atomic E-state index is 13.2. The molecule has 0 aliphatic carbocycles. The van der Waals surface area contributed by atoms with E-state index < -0.39 is 15.8 Å². The molecule has 1 N–H and O–H groups in total. The summed E-state index contributed by atoms with van der Waals surface area (Å²) in [6, 6.07) is 6.74. The summed E-state index contributed by atoms with van der Waals surface area (Å²) in [7, 11) is -2.46. The Bertz CT molecular complexity index is 730. The van der Waals surface area contributed by atoms with Crippen molar-refractivity contribution in [3.63, 3.8) is 0 Å². The number of aliphatic hydroxyl groups is 1. The minimum absolute atomic E-state index is 0.0540. The zero-order valence-corrected chi connectivity index (χ0v) is 13.6. The molecule has 0 unspecified atom stereocenters. The summed E-state index contributed by atoms with van der Waals surface area (Å²) >= 11 is 4.32. The van der Waals surface area contributed by atoms with Gasteiger partial charge in [0.2, 0.25) is 0 Å². The van der Waals surface area contributed by atoms with Gasteiger partial charge in [0.25, 0.3) is 10.0 Å². The lowest BCUT2D eigenvalue weighted by molar-refractivity contribution is 0.285. The smallest absolute Gasteiger partial charge is 0.266 e. The number of thiophene rings is 1. The van der Waals surface area contributed by atoms with Crippen LogP contribution in [0, 0.1) is 5.82 Å². The number of sulfonamides is 1. The third kappa shape index (κ3) is 2.88. The Hall–Kier alpha value is -0.960. The molecule has 0 bridgehead atoms. The van der Waals surface area contributed by atoms with Crippen LogP contribution in [-0.4, -0.2) is 20.6 Å². The van der Waals surface area contributed by atoms with E-state index in [9.17, 15) is 12.8 Å². The van der Waals surface area contributed by atoms with Gasteiger partial charge in [0.15, 0.2) is 0 Å². The zero-order valence-electron chi connectivity index (χ0n) is 10.4. The van der Waals surface area contributed by atoms with Gasteiger partial charge in [-0.25, -0.2) is 12.8 Å². The number of benzene rings is 1. The number of hydrogen-bond acceptors (Lipinski definition) is 4. The predicted octanol–water partition coefficient (Wildman–Crippen LogP) is 2.97. The van der Waals surface area contributed by atoms with E-state index in [4.69, 9.17) is 5.11 Å². The molecule has 0 saturated heterocycles. The Kier molecular flexibility index (Phi) is 4.48. The molecule has 0 fully saturated rings. The lowest BCUT2D eigenvalue weighted by atomic mass is 10.3. The quantitative estimate of drug-likeness (QED) is 0.888. The first kappa shape index (κ1) is 15.4. The molecule has 0 spiro atoms. The van der Waals surface area contributed by atoms with E-state index in [2.05, 4.69) is 15.9 Å². The summed E-state index contributed by atoms with van der Waals surface area (Å²) in [6.07, 6.45) is 0. The van der Waals surface area contributed by atoms with Gasteiger partial charge >= 0.3 is 0 Å². The summed E-state index contributed by atoms with van der Waals surface area (Å²) in [5.74, 6) is -0.509. The highest BCUT2D eigenvalue weighted by atomic mass is 79.9. The van der Waals surface area contributed by atoms with Gasteiger partial charge in [0, 0.05) is 11.9 Å². The maximum Gasteiger partial charge on any atom is 0.266 e. The molecule has 4 nitrogen and oxygen atoms in total. The second-order valence-corrected chi connectivity index (χ2v) is 8.35.